The van der Waals surface area contributed by atoms with Crippen molar-refractivity contribution in [1.82, 2.24) is 0 Å². The van der Waals surface area contributed by atoms with Crippen LogP contribution in [-0.4, -0.2) is 69.7 Å². The van der Waals surface area contributed by atoms with Crippen molar-refractivity contribution in [2.24, 2.45) is 28.1 Å². The highest BCUT2D eigenvalue weighted by Crippen LogP contribution is 2.66. The molecule has 0 radical (unpaired) electrons. The van der Waals surface area contributed by atoms with Gasteiger partial charge in [0.05, 0.1) is 22.5 Å². The van der Waals surface area contributed by atoms with Crippen LogP contribution in [0.2, 0.25) is 0 Å². The molecule has 2 aromatic carbocycles. The van der Waals surface area contributed by atoms with Gasteiger partial charge >= 0.3 is 17.9 Å². The van der Waals surface area contributed by atoms with E-state index >= 15 is 0 Å². The van der Waals surface area contributed by atoms with Crippen molar-refractivity contribution in [3.8, 4) is 0 Å². The molecule has 5 rings (SSSR count). The predicted molar refractivity (Wildman–Crippen MR) is 164 cm³/mol. The van der Waals surface area contributed by atoms with Crippen LogP contribution in [-0.2, 0) is 28.6 Å². The second kappa shape index (κ2) is 11.6. The molecule has 3 fully saturated rings. The van der Waals surface area contributed by atoms with Gasteiger partial charge in [-0.25, -0.2) is 9.59 Å². The number of benzene rings is 2. The third-order valence-corrected chi connectivity index (χ3v) is 10.6. The van der Waals surface area contributed by atoms with Crippen molar-refractivity contribution in [1.29, 1.82) is 0 Å². The molecule has 244 valence electrons. The Labute approximate surface area is 267 Å². The zero-order valence-corrected chi connectivity index (χ0v) is 26.6. The zero-order valence-electron chi connectivity index (χ0n) is 26.6. The van der Waals surface area contributed by atoms with E-state index in [2.05, 4.69) is 6.58 Å². The number of fused-ring (bicyclic) bond motifs is 3. The molecule has 9 atom stereocenters. The molecular weight excluding hydrogens is 592 g/mol. The fraction of sp³-hybridized carbons (Fsp3) is 0.472. The van der Waals surface area contributed by atoms with Crippen LogP contribution in [0, 0.1) is 28.1 Å². The summed E-state index contributed by atoms with van der Waals surface area (Å²) in [5.41, 5.74) is -6.41. The highest BCUT2D eigenvalue weighted by atomic mass is 16.6. The number of rotatable bonds is 6. The van der Waals surface area contributed by atoms with Crippen molar-refractivity contribution in [3.63, 3.8) is 0 Å². The Hall–Kier alpha value is -4.15. The van der Waals surface area contributed by atoms with Gasteiger partial charge in [-0.05, 0) is 43.5 Å². The van der Waals surface area contributed by atoms with Crippen LogP contribution in [0.25, 0.3) is 0 Å². The van der Waals surface area contributed by atoms with Gasteiger partial charge in [-0.1, -0.05) is 63.2 Å². The number of carbonyl (C=O) groups is 5. The van der Waals surface area contributed by atoms with Crippen LogP contribution in [0.3, 0.4) is 0 Å². The maximum absolute atomic E-state index is 14.3. The quantitative estimate of drug-likeness (QED) is 0.273. The van der Waals surface area contributed by atoms with E-state index < -0.39 is 87.6 Å². The number of ether oxygens (including phenoxy) is 3. The van der Waals surface area contributed by atoms with Gasteiger partial charge in [-0.3, -0.25) is 14.4 Å². The number of carbonyl (C=O) groups excluding carboxylic acids is 5. The molecule has 10 nitrogen and oxygen atoms in total. The Bertz CT molecular complexity index is 1570. The normalized spacial score (nSPS) is 36.4. The van der Waals surface area contributed by atoms with E-state index in [9.17, 15) is 34.2 Å². The highest BCUT2D eigenvalue weighted by Gasteiger charge is 2.78. The summed E-state index contributed by atoms with van der Waals surface area (Å²) in [5, 5.41) is 24.6. The number of aliphatic hydroxyl groups is 2. The van der Waals surface area contributed by atoms with Crippen LogP contribution >= 0.6 is 0 Å². The van der Waals surface area contributed by atoms with Crippen molar-refractivity contribution in [2.45, 2.75) is 77.5 Å². The van der Waals surface area contributed by atoms with Gasteiger partial charge in [0.2, 0.25) is 0 Å². The second-order valence-electron chi connectivity index (χ2n) is 13.8. The molecule has 0 aliphatic heterocycles. The van der Waals surface area contributed by atoms with Crippen LogP contribution in [0.4, 0.5) is 0 Å². The average Bonchev–Trinajstić information content (AvgIpc) is 3.02. The van der Waals surface area contributed by atoms with E-state index in [1.54, 1.807) is 69.3 Å². The van der Waals surface area contributed by atoms with E-state index in [4.69, 9.17) is 14.2 Å². The minimum absolute atomic E-state index is 0.159. The molecule has 0 aromatic heterocycles. The first kappa shape index (κ1) is 33.2. The van der Waals surface area contributed by atoms with E-state index in [0.29, 0.717) is 0 Å². The predicted octanol–water partition coefficient (Wildman–Crippen LogP) is 3.88. The lowest BCUT2D eigenvalue weighted by Crippen LogP contribution is -2.80. The van der Waals surface area contributed by atoms with Gasteiger partial charge in [0.15, 0.2) is 11.4 Å². The molecule has 2 aromatic rings. The Morgan fingerprint density at radius 1 is 0.848 bits per heavy atom. The van der Waals surface area contributed by atoms with Crippen LogP contribution in [0.15, 0.2) is 73.3 Å². The lowest BCUT2D eigenvalue weighted by atomic mass is 9.39. The molecule has 3 saturated carbocycles. The first-order valence-electron chi connectivity index (χ1n) is 15.3. The van der Waals surface area contributed by atoms with Gasteiger partial charge in [0, 0.05) is 24.2 Å². The topological polar surface area (TPSA) is 154 Å². The van der Waals surface area contributed by atoms with Crippen molar-refractivity contribution in [2.75, 3.05) is 0 Å². The third-order valence-electron chi connectivity index (χ3n) is 10.6. The maximum Gasteiger partial charge on any atom is 0.338 e. The van der Waals surface area contributed by atoms with Crippen LogP contribution in [0.1, 0.15) is 68.2 Å². The van der Waals surface area contributed by atoms with Crippen molar-refractivity contribution >= 4 is 29.5 Å². The SMILES string of the molecule is C=C[C@@]1(C)CC(=O)[C@H]2[C@](O)(C1=O)[C@H](OC(C)=O)C[C@H]1C(C)(C)[C@H](OC(=O)c3ccccc3)[C@H](O)[C@H](OC(=O)c3ccccc3)[C@@]12C. The highest BCUT2D eigenvalue weighted by molar-refractivity contribution is 6.06. The van der Waals surface area contributed by atoms with Crippen LogP contribution < -0.4 is 0 Å². The number of allylic oxidation sites excluding steroid dienone is 1. The lowest BCUT2D eigenvalue weighted by molar-refractivity contribution is -0.290. The summed E-state index contributed by atoms with van der Waals surface area (Å²) in [5.74, 6) is -6.01. The molecule has 0 spiro atoms. The smallest absolute Gasteiger partial charge is 0.338 e. The molecule has 46 heavy (non-hydrogen) atoms. The number of ketones is 2. The van der Waals surface area contributed by atoms with Gasteiger partial charge < -0.3 is 24.4 Å². The second-order valence-corrected chi connectivity index (χ2v) is 13.8. The average molecular weight is 633 g/mol. The third kappa shape index (κ3) is 4.98. The molecule has 0 amide bonds. The molecular formula is C36H40O10. The summed E-state index contributed by atoms with van der Waals surface area (Å²) in [6.45, 7) is 11.4. The molecule has 3 aliphatic carbocycles. The number of aliphatic hydroxyl groups excluding tert-OH is 1. The fourth-order valence-electron chi connectivity index (χ4n) is 8.45. The Kier molecular flexibility index (Phi) is 8.36. The monoisotopic (exact) mass is 632 g/mol. The fourth-order valence-corrected chi connectivity index (χ4v) is 8.45. The summed E-state index contributed by atoms with van der Waals surface area (Å²) in [6, 6.07) is 16.2. The minimum Gasteiger partial charge on any atom is -0.459 e. The summed E-state index contributed by atoms with van der Waals surface area (Å²) in [4.78, 5) is 67.9. The van der Waals surface area contributed by atoms with Crippen molar-refractivity contribution in [3.05, 3.63) is 84.4 Å². The molecule has 0 saturated heterocycles. The number of hydrogen-bond acceptors (Lipinski definition) is 10. The number of hydrogen-bond donors (Lipinski definition) is 2. The lowest BCUT2D eigenvalue weighted by Gasteiger charge is -2.67. The van der Waals surface area contributed by atoms with Crippen molar-refractivity contribution < 1.29 is 48.4 Å². The molecule has 0 unspecified atom stereocenters. The molecule has 0 heterocycles. The summed E-state index contributed by atoms with van der Waals surface area (Å²) >= 11 is 0. The molecule has 2 N–H and O–H groups in total. The van der Waals surface area contributed by atoms with E-state index in [1.165, 1.54) is 25.1 Å². The maximum atomic E-state index is 14.3. The van der Waals surface area contributed by atoms with Crippen LogP contribution in [0.5, 0.6) is 0 Å². The largest absolute Gasteiger partial charge is 0.459 e. The Balaban J connectivity index is 1.70. The standard InChI is InChI=1S/C36H40O10/c1-7-34(5)19-23(38)27-35(6)24(18-25(44-20(2)37)36(27,43)32(34)42)33(3,4)28(45-30(40)21-14-10-8-11-15-21)26(39)29(35)46-31(41)22-16-12-9-13-17-22/h7-17,24-29,39,43H,1,18-19H2,2-6H3/t24-,25+,26-,27+,28+,29-,34-,35-,36-/m0/s1. The van der Waals surface area contributed by atoms with Gasteiger partial charge in [0.1, 0.15) is 30.2 Å². The summed E-state index contributed by atoms with van der Waals surface area (Å²) < 4.78 is 17.7. The minimum atomic E-state index is -2.55. The van der Waals surface area contributed by atoms with E-state index in [-0.39, 0.29) is 24.0 Å². The van der Waals surface area contributed by atoms with E-state index in [1.807, 2.05) is 0 Å². The molecule has 0 bridgehead atoms. The van der Waals surface area contributed by atoms with E-state index in [0.717, 1.165) is 6.92 Å². The number of esters is 3. The summed E-state index contributed by atoms with van der Waals surface area (Å²) in [7, 11) is 0. The first-order chi connectivity index (χ1) is 21.5. The van der Waals surface area contributed by atoms with Gasteiger partial charge in [-0.2, -0.15) is 0 Å². The zero-order chi connectivity index (χ0) is 33.8. The van der Waals surface area contributed by atoms with Gasteiger partial charge in [-0.15, -0.1) is 6.58 Å². The molecule has 10 heteroatoms. The summed E-state index contributed by atoms with van der Waals surface area (Å²) in [6.07, 6.45) is -5.20. The number of Topliss-reactive ketones (excluding diaryl/α,β-unsaturated/α-hetero) is 2. The Morgan fingerprint density at radius 3 is 1.83 bits per heavy atom. The first-order valence-corrected chi connectivity index (χ1v) is 15.3. The Morgan fingerprint density at radius 2 is 1.35 bits per heavy atom. The molecule has 3 aliphatic rings. The van der Waals surface area contributed by atoms with Gasteiger partial charge in [0.25, 0.3) is 0 Å².